The zero-order valence-electron chi connectivity index (χ0n) is 14.2. The molecule has 0 saturated carbocycles. The van der Waals surface area contributed by atoms with Crippen LogP contribution >= 0.6 is 0 Å². The average molecular weight is 355 g/mol. The molecule has 0 aliphatic heterocycles. The minimum atomic E-state index is -0.643. The normalized spacial score (nSPS) is 11.8. The van der Waals surface area contributed by atoms with E-state index in [-0.39, 0.29) is 17.4 Å². The lowest BCUT2D eigenvalue weighted by molar-refractivity contribution is 0.100. The molecule has 1 amide bonds. The molecule has 10 nitrogen and oxygen atoms in total. The van der Waals surface area contributed by atoms with Crippen molar-refractivity contribution >= 4 is 41.5 Å². The summed E-state index contributed by atoms with van der Waals surface area (Å²) in [6, 6.07) is 7.14. The summed E-state index contributed by atoms with van der Waals surface area (Å²) in [5.74, 6) is -0.0320. The van der Waals surface area contributed by atoms with Crippen molar-refractivity contribution in [3.8, 4) is 0 Å². The standard InChI is InChI=1S/C16H21N9O/c1-10(8-18)22-16-20-9-13(14(19)26)15(24-16)23-11-3-2-4-12(7-11)25-21-6-5-17/h2-7,9-10,17,25H,8,18H2,1H3,(H2,19,26)(H2,20,22,23,24)/b17-5?,21-6-/t10-/m1/s1. The largest absolute Gasteiger partial charge is 0.365 e. The van der Waals surface area contributed by atoms with Gasteiger partial charge in [0.05, 0.1) is 11.9 Å². The Bertz CT molecular complexity index is 806. The van der Waals surface area contributed by atoms with Gasteiger partial charge in [0.15, 0.2) is 0 Å². The molecular weight excluding hydrogens is 334 g/mol. The Balaban J connectivity index is 2.27. The first kappa shape index (κ1) is 18.8. The predicted molar refractivity (Wildman–Crippen MR) is 103 cm³/mol. The van der Waals surface area contributed by atoms with E-state index >= 15 is 0 Å². The van der Waals surface area contributed by atoms with E-state index in [9.17, 15) is 4.79 Å². The van der Waals surface area contributed by atoms with Gasteiger partial charge in [-0.2, -0.15) is 10.1 Å². The summed E-state index contributed by atoms with van der Waals surface area (Å²) < 4.78 is 0. The second-order valence-electron chi connectivity index (χ2n) is 5.36. The molecule has 1 heterocycles. The van der Waals surface area contributed by atoms with E-state index in [1.54, 1.807) is 24.3 Å². The van der Waals surface area contributed by atoms with Crippen LogP contribution in [0.1, 0.15) is 17.3 Å². The van der Waals surface area contributed by atoms with Crippen LogP contribution in [0.4, 0.5) is 23.1 Å². The summed E-state index contributed by atoms with van der Waals surface area (Å²) in [5, 5.41) is 16.8. The zero-order valence-corrected chi connectivity index (χ0v) is 14.2. The molecule has 1 aromatic heterocycles. The molecular formula is C16H21N9O. The highest BCUT2D eigenvalue weighted by molar-refractivity contribution is 6.14. The van der Waals surface area contributed by atoms with Crippen LogP contribution in [0.2, 0.25) is 0 Å². The number of benzene rings is 1. The van der Waals surface area contributed by atoms with Gasteiger partial charge in [-0.15, -0.1) is 0 Å². The van der Waals surface area contributed by atoms with Crippen LogP contribution < -0.4 is 27.5 Å². The predicted octanol–water partition coefficient (Wildman–Crippen LogP) is 1.13. The molecule has 0 saturated heterocycles. The van der Waals surface area contributed by atoms with Crippen molar-refractivity contribution < 1.29 is 4.79 Å². The number of primary amides is 1. The van der Waals surface area contributed by atoms with Crippen LogP contribution in [-0.4, -0.2) is 40.9 Å². The highest BCUT2D eigenvalue weighted by Gasteiger charge is 2.13. The fourth-order valence-corrected chi connectivity index (χ4v) is 1.96. The molecule has 0 fully saturated rings. The second-order valence-corrected chi connectivity index (χ2v) is 5.36. The molecule has 2 aromatic rings. The third-order valence-corrected chi connectivity index (χ3v) is 3.25. The molecule has 26 heavy (non-hydrogen) atoms. The van der Waals surface area contributed by atoms with E-state index in [0.717, 1.165) is 6.21 Å². The number of amides is 1. The Labute approximate surface area is 150 Å². The molecule has 1 atom stereocenters. The number of rotatable bonds is 9. The van der Waals surface area contributed by atoms with Gasteiger partial charge in [-0.3, -0.25) is 10.2 Å². The Kier molecular flexibility index (Phi) is 6.57. The molecule has 1 aromatic carbocycles. The maximum atomic E-state index is 11.7. The maximum absolute atomic E-state index is 11.7. The number of aromatic nitrogens is 2. The van der Waals surface area contributed by atoms with Crippen molar-refractivity contribution in [3.05, 3.63) is 36.0 Å². The number of anilines is 4. The smallest absolute Gasteiger partial charge is 0.254 e. The fourth-order valence-electron chi connectivity index (χ4n) is 1.96. The maximum Gasteiger partial charge on any atom is 0.254 e. The number of carbonyl (C=O) groups is 1. The van der Waals surface area contributed by atoms with E-state index in [0.29, 0.717) is 23.9 Å². The lowest BCUT2D eigenvalue weighted by atomic mass is 10.2. The number of nitrogens with two attached hydrogens (primary N) is 2. The third-order valence-electron chi connectivity index (χ3n) is 3.25. The van der Waals surface area contributed by atoms with E-state index < -0.39 is 5.91 Å². The number of hydrogen-bond acceptors (Lipinski definition) is 9. The molecule has 0 aliphatic rings. The Hall–Kier alpha value is -3.53. The summed E-state index contributed by atoms with van der Waals surface area (Å²) in [4.78, 5) is 20.1. The Morgan fingerprint density at radius 3 is 2.88 bits per heavy atom. The van der Waals surface area contributed by atoms with Gasteiger partial charge in [-0.25, -0.2) is 4.98 Å². The number of carbonyl (C=O) groups excluding carboxylic acids is 1. The highest BCUT2D eigenvalue weighted by Crippen LogP contribution is 2.22. The van der Waals surface area contributed by atoms with Crippen molar-refractivity contribution in [3.63, 3.8) is 0 Å². The quantitative estimate of drug-likeness (QED) is 0.289. The molecule has 10 heteroatoms. The van der Waals surface area contributed by atoms with Gasteiger partial charge in [-0.1, -0.05) is 6.07 Å². The van der Waals surface area contributed by atoms with Crippen LogP contribution in [0, 0.1) is 5.41 Å². The molecule has 136 valence electrons. The van der Waals surface area contributed by atoms with Gasteiger partial charge in [0.1, 0.15) is 11.4 Å². The van der Waals surface area contributed by atoms with Gasteiger partial charge in [0.2, 0.25) is 5.95 Å². The van der Waals surface area contributed by atoms with Crippen molar-refractivity contribution in [2.24, 2.45) is 16.6 Å². The number of nitrogens with one attached hydrogen (secondary N) is 4. The molecule has 0 aliphatic carbocycles. The van der Waals surface area contributed by atoms with Crippen LogP contribution in [0.3, 0.4) is 0 Å². The topological polar surface area (TPSA) is 167 Å². The van der Waals surface area contributed by atoms with Crippen molar-refractivity contribution in [2.45, 2.75) is 13.0 Å². The molecule has 0 bridgehead atoms. The van der Waals surface area contributed by atoms with E-state index in [1.807, 2.05) is 6.92 Å². The minimum Gasteiger partial charge on any atom is -0.365 e. The van der Waals surface area contributed by atoms with Gasteiger partial charge in [0.25, 0.3) is 5.91 Å². The van der Waals surface area contributed by atoms with Gasteiger partial charge < -0.3 is 27.5 Å². The van der Waals surface area contributed by atoms with E-state index in [1.165, 1.54) is 12.4 Å². The lowest BCUT2D eigenvalue weighted by Gasteiger charge is -2.14. The average Bonchev–Trinajstić information content (AvgIpc) is 2.62. The minimum absolute atomic E-state index is 0.0264. The Morgan fingerprint density at radius 1 is 1.42 bits per heavy atom. The second kappa shape index (κ2) is 9.08. The van der Waals surface area contributed by atoms with E-state index in [2.05, 4.69) is 31.1 Å². The first-order valence-corrected chi connectivity index (χ1v) is 7.82. The van der Waals surface area contributed by atoms with Gasteiger partial charge in [-0.05, 0) is 25.1 Å². The summed E-state index contributed by atoms with van der Waals surface area (Å²) in [6.07, 6.45) is 3.73. The fraction of sp³-hybridized carbons (Fsp3) is 0.188. The summed E-state index contributed by atoms with van der Waals surface area (Å²) in [7, 11) is 0. The van der Waals surface area contributed by atoms with Crippen LogP contribution in [-0.2, 0) is 0 Å². The molecule has 0 unspecified atom stereocenters. The van der Waals surface area contributed by atoms with Crippen LogP contribution in [0.25, 0.3) is 0 Å². The molecule has 0 spiro atoms. The number of hydrogen-bond donors (Lipinski definition) is 6. The summed E-state index contributed by atoms with van der Waals surface area (Å²) in [6.45, 7) is 2.30. The lowest BCUT2D eigenvalue weighted by Crippen LogP contribution is -2.26. The number of nitrogens with zero attached hydrogens (tertiary/aromatic N) is 3. The van der Waals surface area contributed by atoms with Gasteiger partial charge >= 0.3 is 0 Å². The molecule has 2 rings (SSSR count). The third kappa shape index (κ3) is 5.24. The highest BCUT2D eigenvalue weighted by atomic mass is 16.1. The zero-order chi connectivity index (χ0) is 18.9. The summed E-state index contributed by atoms with van der Waals surface area (Å²) in [5.41, 5.74) is 15.3. The van der Waals surface area contributed by atoms with Gasteiger partial charge in [0, 0.05) is 30.7 Å². The SMILES string of the molecule is C[C@H](CN)Nc1ncc(C(N)=O)c(Nc2cccc(N/N=C\C=N)c2)n1. The molecule has 0 radical (unpaired) electrons. The van der Waals surface area contributed by atoms with Crippen LogP contribution in [0.5, 0.6) is 0 Å². The first-order valence-electron chi connectivity index (χ1n) is 7.82. The summed E-state index contributed by atoms with van der Waals surface area (Å²) >= 11 is 0. The van der Waals surface area contributed by atoms with Crippen molar-refractivity contribution in [1.82, 2.24) is 9.97 Å². The monoisotopic (exact) mass is 355 g/mol. The van der Waals surface area contributed by atoms with Crippen molar-refractivity contribution in [1.29, 1.82) is 5.41 Å². The number of hydrazone groups is 1. The Morgan fingerprint density at radius 2 is 2.19 bits per heavy atom. The first-order chi connectivity index (χ1) is 12.5. The molecule has 8 N–H and O–H groups in total. The van der Waals surface area contributed by atoms with Crippen LogP contribution in [0.15, 0.2) is 35.6 Å². The van der Waals surface area contributed by atoms with Crippen molar-refractivity contribution in [2.75, 3.05) is 22.6 Å². The van der Waals surface area contributed by atoms with E-state index in [4.69, 9.17) is 16.9 Å².